The Kier molecular flexibility index (Phi) is 4.24. The maximum absolute atomic E-state index is 5.61. The van der Waals surface area contributed by atoms with Crippen LogP contribution in [0.2, 0.25) is 0 Å². The van der Waals surface area contributed by atoms with Gasteiger partial charge < -0.3 is 9.73 Å². The van der Waals surface area contributed by atoms with Crippen LogP contribution in [0.1, 0.15) is 38.1 Å². The smallest absolute Gasteiger partial charge is 0.197 e. The minimum Gasteiger partial charge on any atom is -0.458 e. The second-order valence-corrected chi connectivity index (χ2v) is 5.48. The van der Waals surface area contributed by atoms with Crippen molar-refractivity contribution in [3.63, 3.8) is 0 Å². The molecule has 2 aromatic rings. The first-order valence-electron chi connectivity index (χ1n) is 6.41. The van der Waals surface area contributed by atoms with Crippen LogP contribution in [0.25, 0.3) is 11.6 Å². The molecule has 0 aliphatic heterocycles. The highest BCUT2D eigenvalue weighted by Gasteiger charge is 2.17. The molecule has 2 heterocycles. The monoisotopic (exact) mass is 323 g/mol. The summed E-state index contributed by atoms with van der Waals surface area (Å²) in [5.41, 5.74) is 0.981. The first-order valence-corrected chi connectivity index (χ1v) is 7.20. The van der Waals surface area contributed by atoms with E-state index >= 15 is 0 Å². The summed E-state index contributed by atoms with van der Waals surface area (Å²) in [7, 11) is 0. The fourth-order valence-corrected chi connectivity index (χ4v) is 2.57. The maximum Gasteiger partial charge on any atom is 0.197 e. The van der Waals surface area contributed by atoms with E-state index in [2.05, 4.69) is 45.1 Å². The summed E-state index contributed by atoms with van der Waals surface area (Å²) >= 11 is 3.58. The molecule has 0 radical (unpaired) electrons. The highest BCUT2D eigenvalue weighted by atomic mass is 79.9. The van der Waals surface area contributed by atoms with Crippen LogP contribution in [0.5, 0.6) is 0 Å². The Labute approximate surface area is 121 Å². The quantitative estimate of drug-likeness (QED) is 0.908. The van der Waals surface area contributed by atoms with Crippen molar-refractivity contribution in [1.82, 2.24) is 9.97 Å². The number of nitrogens with one attached hydrogen (secondary N) is 1. The van der Waals surface area contributed by atoms with E-state index < -0.39 is 0 Å². The molecule has 1 N–H and O–H groups in total. The zero-order chi connectivity index (χ0) is 14.0. The van der Waals surface area contributed by atoms with Crippen molar-refractivity contribution >= 4 is 21.7 Å². The molecule has 4 nitrogen and oxygen atoms in total. The van der Waals surface area contributed by atoms with Gasteiger partial charge in [0.05, 0.1) is 10.2 Å². The van der Waals surface area contributed by atoms with Gasteiger partial charge in [-0.1, -0.05) is 13.8 Å². The SMILES string of the molecule is CCNc1nc(-c2ccc(C)o2)nc(C(C)C)c1Br. The molecule has 0 fully saturated rings. The third-order valence-electron chi connectivity index (χ3n) is 2.73. The van der Waals surface area contributed by atoms with Crippen LogP contribution in [0.15, 0.2) is 21.0 Å². The normalized spacial score (nSPS) is 11.1. The molecule has 0 aliphatic carbocycles. The van der Waals surface area contributed by atoms with Crippen molar-refractivity contribution in [2.75, 3.05) is 11.9 Å². The molecule has 0 unspecified atom stereocenters. The molecular formula is C14H18BrN3O. The molecule has 0 saturated carbocycles. The fraction of sp³-hybridized carbons (Fsp3) is 0.429. The van der Waals surface area contributed by atoms with E-state index in [1.165, 1.54) is 0 Å². The number of furan rings is 1. The minimum atomic E-state index is 0.310. The summed E-state index contributed by atoms with van der Waals surface area (Å²) in [6.45, 7) is 8.99. The van der Waals surface area contributed by atoms with E-state index in [9.17, 15) is 0 Å². The minimum absolute atomic E-state index is 0.310. The van der Waals surface area contributed by atoms with Crippen molar-refractivity contribution in [2.24, 2.45) is 0 Å². The summed E-state index contributed by atoms with van der Waals surface area (Å²) < 4.78 is 6.54. The standard InChI is InChI=1S/C14H18BrN3O/c1-5-16-14-11(15)12(8(2)3)17-13(18-14)10-7-6-9(4)19-10/h6-8H,5H2,1-4H3,(H,16,17,18). The summed E-state index contributed by atoms with van der Waals surface area (Å²) in [6, 6.07) is 3.82. The van der Waals surface area contributed by atoms with Crippen LogP contribution in [0.3, 0.4) is 0 Å². The Morgan fingerprint density at radius 1 is 1.32 bits per heavy atom. The highest BCUT2D eigenvalue weighted by molar-refractivity contribution is 9.10. The Balaban J connectivity index is 2.55. The first kappa shape index (κ1) is 14.1. The van der Waals surface area contributed by atoms with Gasteiger partial charge in [0, 0.05) is 6.54 Å². The van der Waals surface area contributed by atoms with Gasteiger partial charge in [0.25, 0.3) is 0 Å². The topological polar surface area (TPSA) is 51.0 Å². The molecule has 2 aromatic heterocycles. The number of anilines is 1. The first-order chi connectivity index (χ1) is 9.02. The molecular weight excluding hydrogens is 306 g/mol. The third kappa shape index (κ3) is 2.97. The molecule has 19 heavy (non-hydrogen) atoms. The van der Waals surface area contributed by atoms with Crippen molar-refractivity contribution in [1.29, 1.82) is 0 Å². The molecule has 0 saturated heterocycles. The second-order valence-electron chi connectivity index (χ2n) is 4.69. The van der Waals surface area contributed by atoms with E-state index in [1.807, 2.05) is 26.0 Å². The third-order valence-corrected chi connectivity index (χ3v) is 3.51. The molecule has 2 rings (SSSR count). The lowest BCUT2D eigenvalue weighted by molar-refractivity contribution is 0.543. The summed E-state index contributed by atoms with van der Waals surface area (Å²) in [5.74, 6) is 3.30. The average molecular weight is 324 g/mol. The largest absolute Gasteiger partial charge is 0.458 e. The van der Waals surface area contributed by atoms with Crippen LogP contribution < -0.4 is 5.32 Å². The predicted molar refractivity (Wildman–Crippen MR) is 80.4 cm³/mol. The lowest BCUT2D eigenvalue weighted by Crippen LogP contribution is -2.07. The average Bonchev–Trinajstić information content (AvgIpc) is 2.78. The van der Waals surface area contributed by atoms with Crippen molar-refractivity contribution in [3.8, 4) is 11.6 Å². The van der Waals surface area contributed by atoms with Gasteiger partial charge in [0.15, 0.2) is 11.6 Å². The van der Waals surface area contributed by atoms with E-state index in [1.54, 1.807) is 0 Å². The molecule has 0 aliphatic rings. The molecule has 0 bridgehead atoms. The number of halogens is 1. The lowest BCUT2D eigenvalue weighted by Gasteiger charge is -2.13. The zero-order valence-corrected chi connectivity index (χ0v) is 13.2. The number of nitrogens with zero attached hydrogens (tertiary/aromatic N) is 2. The summed E-state index contributed by atoms with van der Waals surface area (Å²) in [5, 5.41) is 3.25. The van der Waals surface area contributed by atoms with Crippen molar-refractivity contribution in [2.45, 2.75) is 33.6 Å². The molecule has 5 heteroatoms. The van der Waals surface area contributed by atoms with Crippen molar-refractivity contribution in [3.05, 3.63) is 28.1 Å². The Morgan fingerprint density at radius 2 is 2.05 bits per heavy atom. The van der Waals surface area contributed by atoms with Gasteiger partial charge in [-0.15, -0.1) is 0 Å². The van der Waals surface area contributed by atoms with Gasteiger partial charge in [0.1, 0.15) is 11.6 Å². The Hall–Kier alpha value is -1.36. The number of hydrogen-bond acceptors (Lipinski definition) is 4. The van der Waals surface area contributed by atoms with E-state index in [0.29, 0.717) is 17.5 Å². The fourth-order valence-electron chi connectivity index (χ4n) is 1.80. The molecule has 0 atom stereocenters. The van der Waals surface area contributed by atoms with Gasteiger partial charge in [-0.25, -0.2) is 9.97 Å². The zero-order valence-electron chi connectivity index (χ0n) is 11.6. The van der Waals surface area contributed by atoms with Crippen LogP contribution in [-0.4, -0.2) is 16.5 Å². The maximum atomic E-state index is 5.61. The number of rotatable bonds is 4. The molecule has 0 amide bonds. The van der Waals surface area contributed by atoms with Crippen LogP contribution in [0, 0.1) is 6.92 Å². The number of hydrogen-bond donors (Lipinski definition) is 1. The van der Waals surface area contributed by atoms with E-state index in [4.69, 9.17) is 4.42 Å². The molecule has 0 aromatic carbocycles. The van der Waals surface area contributed by atoms with Crippen LogP contribution in [0.4, 0.5) is 5.82 Å². The predicted octanol–water partition coefficient (Wildman–Crippen LogP) is 4.36. The summed E-state index contributed by atoms with van der Waals surface area (Å²) in [4.78, 5) is 9.13. The number of aromatic nitrogens is 2. The molecule has 102 valence electrons. The number of aryl methyl sites for hydroxylation is 1. The van der Waals surface area contributed by atoms with Gasteiger partial charge in [-0.05, 0) is 47.8 Å². The second kappa shape index (κ2) is 5.74. The van der Waals surface area contributed by atoms with Gasteiger partial charge in [-0.3, -0.25) is 0 Å². The van der Waals surface area contributed by atoms with E-state index in [-0.39, 0.29) is 0 Å². The van der Waals surface area contributed by atoms with Crippen molar-refractivity contribution < 1.29 is 4.42 Å². The van der Waals surface area contributed by atoms with Gasteiger partial charge in [0.2, 0.25) is 0 Å². The molecule has 0 spiro atoms. The van der Waals surface area contributed by atoms with Gasteiger partial charge >= 0.3 is 0 Å². The highest BCUT2D eigenvalue weighted by Crippen LogP contribution is 2.31. The summed E-state index contributed by atoms with van der Waals surface area (Å²) in [6.07, 6.45) is 0. The van der Waals surface area contributed by atoms with Crippen LogP contribution >= 0.6 is 15.9 Å². The Bertz CT molecular complexity index is 578. The van der Waals surface area contributed by atoms with E-state index in [0.717, 1.165) is 28.3 Å². The lowest BCUT2D eigenvalue weighted by atomic mass is 10.1. The van der Waals surface area contributed by atoms with Crippen LogP contribution in [-0.2, 0) is 0 Å². The Morgan fingerprint density at radius 3 is 2.58 bits per heavy atom. The van der Waals surface area contributed by atoms with Gasteiger partial charge in [-0.2, -0.15) is 0 Å².